The van der Waals surface area contributed by atoms with E-state index < -0.39 is 6.10 Å². The highest BCUT2D eigenvalue weighted by molar-refractivity contribution is 9.11. The number of nitrogens with two attached hydrogens (primary N) is 1. The molecule has 2 nitrogen and oxygen atoms in total. The Bertz CT molecular complexity index is 536. The van der Waals surface area contributed by atoms with Crippen LogP contribution < -0.4 is 5.73 Å². The average molecular weight is 344 g/mol. The van der Waals surface area contributed by atoms with E-state index in [1.54, 1.807) is 12.1 Å². The predicted octanol–water partition coefficient (Wildman–Crippen LogP) is 3.73. The maximum atomic E-state index is 12.9. The van der Waals surface area contributed by atoms with Gasteiger partial charge in [-0.2, -0.15) is 0 Å². The van der Waals surface area contributed by atoms with Crippen LogP contribution in [0.1, 0.15) is 28.0 Å². The summed E-state index contributed by atoms with van der Waals surface area (Å²) in [6.07, 6.45) is -0.675. The van der Waals surface area contributed by atoms with Crippen LogP contribution in [-0.2, 0) is 0 Å². The minimum absolute atomic E-state index is 0.231. The van der Waals surface area contributed by atoms with Crippen LogP contribution in [-0.4, -0.2) is 11.7 Å². The maximum absolute atomic E-state index is 12.9. The molecule has 2 rings (SSSR count). The van der Waals surface area contributed by atoms with Gasteiger partial charge in [-0.3, -0.25) is 0 Å². The molecule has 0 aliphatic carbocycles. The van der Waals surface area contributed by atoms with Gasteiger partial charge in [-0.05, 0) is 52.2 Å². The van der Waals surface area contributed by atoms with Crippen LogP contribution in [0.3, 0.4) is 0 Å². The normalized spacial score (nSPS) is 14.4. The first-order valence-corrected chi connectivity index (χ1v) is 7.53. The number of thiophene rings is 1. The van der Waals surface area contributed by atoms with E-state index in [1.807, 2.05) is 13.0 Å². The summed E-state index contributed by atoms with van der Waals surface area (Å²) < 4.78 is 13.9. The molecule has 5 heteroatoms. The molecule has 2 aromatic rings. The van der Waals surface area contributed by atoms with Gasteiger partial charge in [-0.15, -0.1) is 11.3 Å². The van der Waals surface area contributed by atoms with Crippen molar-refractivity contribution < 1.29 is 9.50 Å². The molecule has 0 aliphatic heterocycles. The number of hydrogen-bond acceptors (Lipinski definition) is 3. The summed E-state index contributed by atoms with van der Waals surface area (Å²) >= 11 is 4.95. The highest BCUT2D eigenvalue weighted by atomic mass is 79.9. The molecule has 1 aromatic carbocycles. The summed E-state index contributed by atoms with van der Waals surface area (Å²) in [4.78, 5) is 0.865. The van der Waals surface area contributed by atoms with Crippen molar-refractivity contribution >= 4 is 27.3 Å². The van der Waals surface area contributed by atoms with Crippen LogP contribution in [0.15, 0.2) is 34.1 Å². The second-order valence-corrected chi connectivity index (χ2v) is 6.85. The quantitative estimate of drug-likeness (QED) is 0.888. The summed E-state index contributed by atoms with van der Waals surface area (Å²) in [7, 11) is 0. The van der Waals surface area contributed by atoms with Crippen LogP contribution >= 0.6 is 27.3 Å². The summed E-state index contributed by atoms with van der Waals surface area (Å²) in [6, 6.07) is 8.07. The SMILES string of the molecule is Cc1cc(C(O)C(CN)c2ccc(F)cc2)sc1Br. The van der Waals surface area contributed by atoms with E-state index in [2.05, 4.69) is 15.9 Å². The van der Waals surface area contributed by atoms with Crippen LogP contribution in [0, 0.1) is 12.7 Å². The molecule has 1 heterocycles. The molecule has 1 aromatic heterocycles. The van der Waals surface area contributed by atoms with Crippen LogP contribution in [0.25, 0.3) is 0 Å². The summed E-state index contributed by atoms with van der Waals surface area (Å²) in [5, 5.41) is 10.5. The van der Waals surface area contributed by atoms with E-state index in [4.69, 9.17) is 5.73 Å². The van der Waals surface area contributed by atoms with Gasteiger partial charge in [-0.1, -0.05) is 12.1 Å². The predicted molar refractivity (Wildman–Crippen MR) is 79.9 cm³/mol. The summed E-state index contributed by atoms with van der Waals surface area (Å²) in [5.41, 5.74) is 7.70. The number of benzene rings is 1. The van der Waals surface area contributed by atoms with E-state index in [1.165, 1.54) is 23.5 Å². The van der Waals surface area contributed by atoms with Gasteiger partial charge in [0.15, 0.2) is 0 Å². The zero-order valence-corrected chi connectivity index (χ0v) is 12.8. The number of halogens is 2. The lowest BCUT2D eigenvalue weighted by molar-refractivity contribution is 0.151. The van der Waals surface area contributed by atoms with Crippen molar-refractivity contribution in [2.45, 2.75) is 18.9 Å². The Balaban J connectivity index is 2.28. The van der Waals surface area contributed by atoms with Gasteiger partial charge in [0.25, 0.3) is 0 Å². The van der Waals surface area contributed by atoms with Crippen molar-refractivity contribution in [2.75, 3.05) is 6.54 Å². The summed E-state index contributed by atoms with van der Waals surface area (Å²) in [6.45, 7) is 2.29. The van der Waals surface area contributed by atoms with Gasteiger partial charge in [0.2, 0.25) is 0 Å². The average Bonchev–Trinajstić information content (AvgIpc) is 2.73. The van der Waals surface area contributed by atoms with Crippen LogP contribution in [0.4, 0.5) is 4.39 Å². The molecule has 0 spiro atoms. The fourth-order valence-electron chi connectivity index (χ4n) is 1.98. The molecule has 0 fully saturated rings. The second-order valence-electron chi connectivity index (χ2n) is 4.44. The summed E-state index contributed by atoms with van der Waals surface area (Å²) in [5.74, 6) is -0.519. The van der Waals surface area contributed by atoms with Gasteiger partial charge < -0.3 is 10.8 Å². The molecular formula is C14H15BrFNOS. The molecule has 0 aliphatic rings. The molecule has 3 N–H and O–H groups in total. The third kappa shape index (κ3) is 3.23. The number of rotatable bonds is 4. The zero-order chi connectivity index (χ0) is 14.0. The van der Waals surface area contributed by atoms with E-state index >= 15 is 0 Å². The molecule has 102 valence electrons. The fourth-order valence-corrected chi connectivity index (χ4v) is 3.61. The van der Waals surface area contributed by atoms with Crippen molar-refractivity contribution in [1.29, 1.82) is 0 Å². The number of hydrogen-bond donors (Lipinski definition) is 2. The minimum atomic E-state index is -0.675. The lowest BCUT2D eigenvalue weighted by Crippen LogP contribution is -2.19. The van der Waals surface area contributed by atoms with Gasteiger partial charge in [0.1, 0.15) is 5.82 Å². The highest BCUT2D eigenvalue weighted by Gasteiger charge is 2.23. The first-order chi connectivity index (χ1) is 9.02. The van der Waals surface area contributed by atoms with Crippen molar-refractivity contribution in [2.24, 2.45) is 5.73 Å². The van der Waals surface area contributed by atoms with E-state index in [-0.39, 0.29) is 11.7 Å². The van der Waals surface area contributed by atoms with Crippen molar-refractivity contribution in [1.82, 2.24) is 0 Å². The molecule has 19 heavy (non-hydrogen) atoms. The first kappa shape index (κ1) is 14.7. The number of aliphatic hydroxyl groups is 1. The Morgan fingerprint density at radius 2 is 2.00 bits per heavy atom. The first-order valence-electron chi connectivity index (χ1n) is 5.92. The minimum Gasteiger partial charge on any atom is -0.387 e. The van der Waals surface area contributed by atoms with E-state index in [0.717, 1.165) is 19.8 Å². The molecule has 2 atom stereocenters. The lowest BCUT2D eigenvalue weighted by Gasteiger charge is -2.21. The lowest BCUT2D eigenvalue weighted by atomic mass is 9.92. The Morgan fingerprint density at radius 1 is 1.37 bits per heavy atom. The topological polar surface area (TPSA) is 46.2 Å². The molecule has 2 unspecified atom stereocenters. The molecule has 0 saturated heterocycles. The third-order valence-electron chi connectivity index (χ3n) is 3.10. The zero-order valence-electron chi connectivity index (χ0n) is 10.4. The Labute approximate surface area is 124 Å². The van der Waals surface area contributed by atoms with Crippen molar-refractivity contribution in [3.8, 4) is 0 Å². The number of aryl methyl sites for hydroxylation is 1. The van der Waals surface area contributed by atoms with E-state index in [9.17, 15) is 9.50 Å². The fraction of sp³-hybridized carbons (Fsp3) is 0.286. The smallest absolute Gasteiger partial charge is 0.123 e. The van der Waals surface area contributed by atoms with E-state index in [0.29, 0.717) is 6.54 Å². The molecule has 0 amide bonds. The molecular weight excluding hydrogens is 329 g/mol. The Hall–Kier alpha value is -0.750. The van der Waals surface area contributed by atoms with Gasteiger partial charge in [0, 0.05) is 17.3 Å². The Kier molecular flexibility index (Phi) is 4.73. The molecule has 0 saturated carbocycles. The highest BCUT2D eigenvalue weighted by Crippen LogP contribution is 2.37. The number of aliphatic hydroxyl groups excluding tert-OH is 1. The van der Waals surface area contributed by atoms with Gasteiger partial charge in [-0.25, -0.2) is 4.39 Å². The molecule has 0 radical (unpaired) electrons. The van der Waals surface area contributed by atoms with Crippen molar-refractivity contribution in [3.63, 3.8) is 0 Å². The second kappa shape index (κ2) is 6.13. The third-order valence-corrected chi connectivity index (χ3v) is 5.31. The largest absolute Gasteiger partial charge is 0.387 e. The Morgan fingerprint density at radius 3 is 2.47 bits per heavy atom. The maximum Gasteiger partial charge on any atom is 0.123 e. The monoisotopic (exact) mass is 343 g/mol. The van der Waals surface area contributed by atoms with Gasteiger partial charge >= 0.3 is 0 Å². The van der Waals surface area contributed by atoms with Crippen LogP contribution in [0.2, 0.25) is 0 Å². The van der Waals surface area contributed by atoms with Crippen molar-refractivity contribution in [3.05, 3.63) is 55.9 Å². The van der Waals surface area contributed by atoms with Gasteiger partial charge in [0.05, 0.1) is 9.89 Å². The van der Waals surface area contributed by atoms with Crippen LogP contribution in [0.5, 0.6) is 0 Å². The molecule has 0 bridgehead atoms. The standard InChI is InChI=1S/C14H15BrFNOS/c1-8-6-12(19-14(8)15)13(18)11(7-17)9-2-4-10(16)5-3-9/h2-6,11,13,18H,7,17H2,1H3.